The van der Waals surface area contributed by atoms with Crippen LogP contribution < -0.4 is 5.32 Å². The Hall–Kier alpha value is -2.82. The molecule has 0 radical (unpaired) electrons. The number of nitrogens with one attached hydrogen (secondary N) is 1. The van der Waals surface area contributed by atoms with Gasteiger partial charge in [0.1, 0.15) is 23.5 Å². The minimum Gasteiger partial charge on any atom is -0.310 e. The van der Waals surface area contributed by atoms with Gasteiger partial charge in [-0.05, 0) is 63.7 Å². The van der Waals surface area contributed by atoms with Gasteiger partial charge >= 0.3 is 0 Å². The van der Waals surface area contributed by atoms with Crippen molar-refractivity contribution in [1.29, 1.82) is 0 Å². The van der Waals surface area contributed by atoms with Crippen LogP contribution in [0.3, 0.4) is 0 Å². The summed E-state index contributed by atoms with van der Waals surface area (Å²) < 4.78 is 6.29. The topological polar surface area (TPSA) is 92.1 Å². The first-order valence-corrected chi connectivity index (χ1v) is 10.9. The van der Waals surface area contributed by atoms with E-state index in [2.05, 4.69) is 47.9 Å². The number of carbonyl (C=O) groups is 1. The van der Waals surface area contributed by atoms with Crippen LogP contribution in [0.25, 0.3) is 11.5 Å². The average molecular weight is 439 g/mol. The van der Waals surface area contributed by atoms with Crippen LogP contribution in [-0.2, 0) is 13.0 Å². The zero-order chi connectivity index (χ0) is 22.0. The van der Waals surface area contributed by atoms with Gasteiger partial charge in [-0.15, -0.1) is 10.2 Å². The second-order valence-electron chi connectivity index (χ2n) is 7.86. The first-order chi connectivity index (χ1) is 14.9. The van der Waals surface area contributed by atoms with Crippen molar-refractivity contribution in [2.75, 3.05) is 26.0 Å². The molecule has 162 valence electrons. The van der Waals surface area contributed by atoms with E-state index < -0.39 is 0 Å². The summed E-state index contributed by atoms with van der Waals surface area (Å²) in [5, 5.41) is 11.0. The van der Waals surface area contributed by atoms with E-state index in [1.54, 1.807) is 24.5 Å². The Kier molecular flexibility index (Phi) is 6.30. The molecule has 0 saturated heterocycles. The van der Waals surface area contributed by atoms with Crippen molar-refractivity contribution in [3.05, 3.63) is 53.6 Å². The number of aromatic nitrogens is 5. The van der Waals surface area contributed by atoms with Gasteiger partial charge < -0.3 is 9.88 Å². The summed E-state index contributed by atoms with van der Waals surface area (Å²) in [5.41, 5.74) is 3.36. The molecule has 1 aliphatic rings. The number of carbonyl (C=O) groups excluding carboxylic acids is 1. The van der Waals surface area contributed by atoms with Gasteiger partial charge in [-0.25, -0.2) is 13.6 Å². The maximum Gasteiger partial charge on any atom is 0.275 e. The van der Waals surface area contributed by atoms with Crippen LogP contribution in [-0.4, -0.2) is 59.9 Å². The minimum absolute atomic E-state index is 0.204. The third-order valence-corrected chi connectivity index (χ3v) is 5.79. The van der Waals surface area contributed by atoms with Crippen LogP contribution in [0.4, 0.5) is 5.82 Å². The predicted molar refractivity (Wildman–Crippen MR) is 121 cm³/mol. The minimum atomic E-state index is -0.282. The Morgan fingerprint density at radius 3 is 2.87 bits per heavy atom. The molecule has 3 aromatic rings. The highest BCUT2D eigenvalue weighted by molar-refractivity contribution is 7.94. The van der Waals surface area contributed by atoms with Crippen molar-refractivity contribution in [2.24, 2.45) is 0 Å². The smallest absolute Gasteiger partial charge is 0.275 e. The van der Waals surface area contributed by atoms with Gasteiger partial charge in [-0.3, -0.25) is 9.78 Å². The largest absolute Gasteiger partial charge is 0.310 e. The molecule has 0 saturated carbocycles. The van der Waals surface area contributed by atoms with Crippen molar-refractivity contribution in [3.8, 4) is 11.5 Å². The van der Waals surface area contributed by atoms with Crippen molar-refractivity contribution in [1.82, 2.24) is 33.3 Å². The lowest BCUT2D eigenvalue weighted by Crippen LogP contribution is -2.28. The molecule has 0 unspecified atom stereocenters. The van der Waals surface area contributed by atoms with Crippen molar-refractivity contribution >= 4 is 23.9 Å². The zero-order valence-electron chi connectivity index (χ0n) is 18.1. The zero-order valence-corrected chi connectivity index (χ0v) is 18.9. The first kappa shape index (κ1) is 21.4. The molecular weight excluding hydrogens is 412 g/mol. The second-order valence-corrected chi connectivity index (χ2v) is 9.27. The molecule has 0 fully saturated rings. The van der Waals surface area contributed by atoms with Gasteiger partial charge in [0.25, 0.3) is 5.91 Å². The van der Waals surface area contributed by atoms with E-state index >= 15 is 0 Å². The highest BCUT2D eigenvalue weighted by Gasteiger charge is 2.20. The van der Waals surface area contributed by atoms with Gasteiger partial charge in [-0.1, -0.05) is 6.07 Å². The number of hydrogen-bond acceptors (Lipinski definition) is 8. The summed E-state index contributed by atoms with van der Waals surface area (Å²) in [7, 11) is 4.05. The maximum atomic E-state index is 12.9. The molecule has 1 aliphatic heterocycles. The Balaban J connectivity index is 1.51. The molecule has 1 N–H and O–H groups in total. The summed E-state index contributed by atoms with van der Waals surface area (Å²) >= 11 is 1.68. The van der Waals surface area contributed by atoms with Crippen LogP contribution in [0, 0.1) is 0 Å². The average Bonchev–Trinajstić information content (AvgIpc) is 3.23. The van der Waals surface area contributed by atoms with Crippen molar-refractivity contribution < 1.29 is 4.79 Å². The Morgan fingerprint density at radius 1 is 1.26 bits per heavy atom. The van der Waals surface area contributed by atoms with Crippen LogP contribution >= 0.6 is 12.1 Å². The number of amides is 1. The highest BCUT2D eigenvalue weighted by atomic mass is 32.2. The molecular formula is C21H26N8OS. The molecule has 4 rings (SSSR count). The third kappa shape index (κ3) is 4.92. The lowest BCUT2D eigenvalue weighted by Gasteiger charge is -2.29. The quantitative estimate of drug-likeness (QED) is 0.587. The molecule has 0 aliphatic carbocycles. The standard InChI is InChI=1S/C21H26N8OS/c1-14(2)29-13-23-26-20(29)17-6-5-7-19(24-17)25-21(30)18-10-16-12-28(31-27(3)4)9-8-15(16)11-22-18/h5-7,10-11,13-14H,8-9,12H2,1-4H3,(H,24,25,30). The van der Waals surface area contributed by atoms with E-state index in [4.69, 9.17) is 0 Å². The Labute approximate surface area is 186 Å². The molecule has 31 heavy (non-hydrogen) atoms. The van der Waals surface area contributed by atoms with Crippen LogP contribution in [0.1, 0.15) is 41.5 Å². The molecule has 3 aromatic heterocycles. The number of fused-ring (bicyclic) bond motifs is 1. The lowest BCUT2D eigenvalue weighted by molar-refractivity contribution is 0.102. The van der Waals surface area contributed by atoms with E-state index in [1.165, 1.54) is 5.56 Å². The lowest BCUT2D eigenvalue weighted by atomic mass is 10.0. The molecule has 0 bridgehead atoms. The summed E-state index contributed by atoms with van der Waals surface area (Å²) in [6, 6.07) is 7.54. The van der Waals surface area contributed by atoms with E-state index in [-0.39, 0.29) is 11.9 Å². The molecule has 0 atom stereocenters. The van der Waals surface area contributed by atoms with Crippen LogP contribution in [0.15, 0.2) is 36.8 Å². The highest BCUT2D eigenvalue weighted by Crippen LogP contribution is 2.25. The van der Waals surface area contributed by atoms with E-state index in [0.29, 0.717) is 23.0 Å². The van der Waals surface area contributed by atoms with Gasteiger partial charge in [0.2, 0.25) is 0 Å². The van der Waals surface area contributed by atoms with E-state index in [9.17, 15) is 4.79 Å². The number of hydrogen-bond donors (Lipinski definition) is 1. The summed E-state index contributed by atoms with van der Waals surface area (Å²) in [5.74, 6) is 0.830. The van der Waals surface area contributed by atoms with Crippen molar-refractivity contribution in [2.45, 2.75) is 32.9 Å². The van der Waals surface area contributed by atoms with Crippen LogP contribution in [0.5, 0.6) is 0 Å². The Bertz CT molecular complexity index is 1080. The molecule has 1 amide bonds. The molecule has 10 heteroatoms. The summed E-state index contributed by atoms with van der Waals surface area (Å²) in [4.78, 5) is 21.8. The summed E-state index contributed by atoms with van der Waals surface area (Å²) in [6.07, 6.45) is 4.42. The molecule has 0 aromatic carbocycles. The Morgan fingerprint density at radius 2 is 2.10 bits per heavy atom. The van der Waals surface area contributed by atoms with E-state index in [1.807, 2.05) is 43.1 Å². The number of pyridine rings is 2. The molecule has 4 heterocycles. The van der Waals surface area contributed by atoms with Gasteiger partial charge in [-0.2, -0.15) is 0 Å². The fourth-order valence-corrected chi connectivity index (χ4v) is 4.28. The fourth-order valence-electron chi connectivity index (χ4n) is 3.45. The number of rotatable bonds is 6. The number of nitrogens with zero attached hydrogens (tertiary/aromatic N) is 7. The monoisotopic (exact) mass is 438 g/mol. The van der Waals surface area contributed by atoms with Crippen LogP contribution in [0.2, 0.25) is 0 Å². The van der Waals surface area contributed by atoms with Gasteiger partial charge in [0.05, 0.1) is 0 Å². The predicted octanol–water partition coefficient (Wildman–Crippen LogP) is 3.05. The maximum absolute atomic E-state index is 12.9. The van der Waals surface area contributed by atoms with E-state index in [0.717, 1.165) is 25.1 Å². The second kappa shape index (κ2) is 9.13. The third-order valence-electron chi connectivity index (χ3n) is 4.92. The number of anilines is 1. The SMILES string of the molecule is CC(C)n1cnnc1-c1cccc(NC(=O)c2cc3c(cn2)CCN(SN(C)C)C3)n1. The summed E-state index contributed by atoms with van der Waals surface area (Å²) in [6.45, 7) is 5.84. The molecule has 9 nitrogen and oxygen atoms in total. The normalized spacial score (nSPS) is 14.1. The first-order valence-electron chi connectivity index (χ1n) is 10.2. The van der Waals surface area contributed by atoms with Crippen molar-refractivity contribution in [3.63, 3.8) is 0 Å². The molecule has 0 spiro atoms. The van der Waals surface area contributed by atoms with Gasteiger partial charge in [0.15, 0.2) is 5.82 Å². The van der Waals surface area contributed by atoms with Gasteiger partial charge in [0, 0.05) is 37.5 Å². The fraction of sp³-hybridized carbons (Fsp3) is 0.381.